The summed E-state index contributed by atoms with van der Waals surface area (Å²) in [6, 6.07) is -0.584. The number of likely N-dealkylation sites (tertiary alicyclic amines) is 1. The average molecular weight is 386 g/mol. The Morgan fingerprint density at radius 1 is 1.36 bits per heavy atom. The summed E-state index contributed by atoms with van der Waals surface area (Å²) in [6.07, 6.45) is 9.24. The van der Waals surface area contributed by atoms with Crippen molar-refractivity contribution in [2.75, 3.05) is 30.8 Å². The van der Waals surface area contributed by atoms with Crippen LogP contribution in [0.2, 0.25) is 0 Å². The lowest BCUT2D eigenvalue weighted by molar-refractivity contribution is -0.118. The summed E-state index contributed by atoms with van der Waals surface area (Å²) in [7, 11) is 1.99. The van der Waals surface area contributed by atoms with E-state index >= 15 is 0 Å². The molecule has 150 valence electrons. The van der Waals surface area contributed by atoms with Gasteiger partial charge >= 0.3 is 0 Å². The molecule has 1 saturated heterocycles. The zero-order valence-electron chi connectivity index (χ0n) is 16.1. The van der Waals surface area contributed by atoms with E-state index in [0.717, 1.165) is 18.8 Å². The van der Waals surface area contributed by atoms with E-state index in [0.29, 0.717) is 12.2 Å². The molecule has 3 rings (SSSR count). The molecule has 28 heavy (non-hydrogen) atoms. The number of rotatable bonds is 8. The van der Waals surface area contributed by atoms with Crippen molar-refractivity contribution >= 4 is 23.5 Å². The Kier molecular flexibility index (Phi) is 5.78. The maximum Gasteiger partial charge on any atom is 0.271 e. The second-order valence-corrected chi connectivity index (χ2v) is 6.86. The summed E-state index contributed by atoms with van der Waals surface area (Å²) in [6.45, 7) is 3.99. The summed E-state index contributed by atoms with van der Waals surface area (Å²) in [5.41, 5.74) is 11.6. The summed E-state index contributed by atoms with van der Waals surface area (Å²) in [4.78, 5) is 36.1. The highest BCUT2D eigenvalue weighted by molar-refractivity contribution is 5.96. The Balaban J connectivity index is 1.79. The van der Waals surface area contributed by atoms with E-state index in [1.807, 2.05) is 26.2 Å². The number of allylic oxidation sites excluding steroid dienone is 1. The lowest BCUT2D eigenvalue weighted by Gasteiger charge is -2.42. The number of likely N-dealkylation sites (N-methyl/N-ethyl adjacent to an activating group) is 1. The van der Waals surface area contributed by atoms with Crippen LogP contribution in [-0.2, 0) is 4.79 Å². The number of carbonyl (C=O) groups excluding carboxylic acids is 2. The van der Waals surface area contributed by atoms with Gasteiger partial charge in [-0.1, -0.05) is 6.92 Å². The third kappa shape index (κ3) is 4.22. The zero-order chi connectivity index (χ0) is 20.3. The predicted octanol–water partition coefficient (Wildman–Crippen LogP) is 0.0380. The van der Waals surface area contributed by atoms with Crippen molar-refractivity contribution in [1.82, 2.24) is 19.8 Å². The van der Waals surface area contributed by atoms with E-state index in [4.69, 9.17) is 11.5 Å². The molecule has 1 fully saturated rings. The summed E-state index contributed by atoms with van der Waals surface area (Å²) in [5.74, 6) is -0.654. The molecule has 0 aliphatic carbocycles. The van der Waals surface area contributed by atoms with Crippen LogP contribution in [-0.4, -0.2) is 63.9 Å². The second-order valence-electron chi connectivity index (χ2n) is 6.86. The van der Waals surface area contributed by atoms with Crippen molar-refractivity contribution in [2.45, 2.75) is 32.0 Å². The maximum absolute atomic E-state index is 11.7. The van der Waals surface area contributed by atoms with Crippen molar-refractivity contribution in [3.63, 3.8) is 0 Å². The number of nitrogens with two attached hydrogens (primary N) is 2. The topological polar surface area (TPSA) is 142 Å². The van der Waals surface area contributed by atoms with Crippen LogP contribution in [0.3, 0.4) is 0 Å². The van der Waals surface area contributed by atoms with E-state index < -0.39 is 17.9 Å². The summed E-state index contributed by atoms with van der Waals surface area (Å²) in [5, 5.41) is 6.02. The molecule has 6 N–H and O–H groups in total. The lowest BCUT2D eigenvalue weighted by Crippen LogP contribution is -2.51. The fourth-order valence-corrected chi connectivity index (χ4v) is 3.14. The largest absolute Gasteiger partial charge is 0.368 e. The minimum Gasteiger partial charge on any atom is -0.368 e. The van der Waals surface area contributed by atoms with Gasteiger partial charge in [0.15, 0.2) is 11.5 Å². The molecule has 0 bridgehead atoms. The number of nitrogens with zero attached hydrogens (tertiary/aromatic N) is 4. The van der Waals surface area contributed by atoms with Crippen molar-refractivity contribution in [2.24, 2.45) is 11.5 Å². The number of primary amides is 2. The van der Waals surface area contributed by atoms with Gasteiger partial charge in [-0.3, -0.25) is 14.5 Å². The molecule has 0 saturated carbocycles. The lowest BCUT2D eigenvalue weighted by atomic mass is 10.1. The molecule has 0 radical (unpaired) electrons. The zero-order valence-corrected chi connectivity index (χ0v) is 16.1. The van der Waals surface area contributed by atoms with Gasteiger partial charge in [0, 0.05) is 26.3 Å². The van der Waals surface area contributed by atoms with Gasteiger partial charge in [0.1, 0.15) is 18.0 Å². The highest BCUT2D eigenvalue weighted by atomic mass is 16.1. The highest BCUT2D eigenvalue weighted by Crippen LogP contribution is 2.22. The molecule has 2 aliphatic rings. The van der Waals surface area contributed by atoms with E-state index in [9.17, 15) is 9.59 Å². The van der Waals surface area contributed by atoms with Crippen LogP contribution in [0.1, 0.15) is 30.3 Å². The normalized spacial score (nSPS) is 20.1. The van der Waals surface area contributed by atoms with Crippen molar-refractivity contribution < 1.29 is 9.59 Å². The number of aromatic nitrogens is 2. The molecule has 3 heterocycles. The van der Waals surface area contributed by atoms with Crippen LogP contribution in [0.5, 0.6) is 0 Å². The Bertz CT molecular complexity index is 818. The quantitative estimate of drug-likeness (QED) is 0.490. The molecule has 0 aromatic carbocycles. The molecular weight excluding hydrogens is 360 g/mol. The van der Waals surface area contributed by atoms with Gasteiger partial charge < -0.3 is 27.0 Å². The SMILES string of the molecule is CC[C@@H](Nc1cnc(C(N)=O)c(NC2=CN(C)C(N3CCC3)C=C2)n1)C(N)=O. The van der Waals surface area contributed by atoms with Crippen LogP contribution < -0.4 is 22.1 Å². The molecular formula is C18H26N8O2. The Hall–Kier alpha value is -3.14. The van der Waals surface area contributed by atoms with E-state index in [1.54, 1.807) is 0 Å². The van der Waals surface area contributed by atoms with Gasteiger partial charge in [0.05, 0.1) is 11.9 Å². The number of carbonyl (C=O) groups is 2. The van der Waals surface area contributed by atoms with Crippen LogP contribution in [0.15, 0.2) is 30.2 Å². The van der Waals surface area contributed by atoms with Gasteiger partial charge in [0.2, 0.25) is 5.91 Å². The fraction of sp³-hybridized carbons (Fsp3) is 0.444. The van der Waals surface area contributed by atoms with Crippen LogP contribution in [0.25, 0.3) is 0 Å². The smallest absolute Gasteiger partial charge is 0.271 e. The van der Waals surface area contributed by atoms with Gasteiger partial charge in [-0.25, -0.2) is 9.97 Å². The molecule has 0 spiro atoms. The van der Waals surface area contributed by atoms with Crippen LogP contribution in [0, 0.1) is 0 Å². The minimum atomic E-state index is -0.698. The molecule has 1 aromatic heterocycles. The van der Waals surface area contributed by atoms with Crippen LogP contribution in [0.4, 0.5) is 11.6 Å². The van der Waals surface area contributed by atoms with Gasteiger partial charge in [-0.15, -0.1) is 0 Å². The number of nitrogens with one attached hydrogen (secondary N) is 2. The Morgan fingerprint density at radius 3 is 2.64 bits per heavy atom. The molecule has 2 amide bonds. The monoisotopic (exact) mass is 386 g/mol. The van der Waals surface area contributed by atoms with E-state index in [1.165, 1.54) is 12.6 Å². The maximum atomic E-state index is 11.7. The number of anilines is 2. The number of amides is 2. The first-order valence-electron chi connectivity index (χ1n) is 9.24. The van der Waals surface area contributed by atoms with Crippen LogP contribution >= 0.6 is 0 Å². The molecule has 10 heteroatoms. The Labute approximate surface area is 163 Å². The molecule has 2 aliphatic heterocycles. The van der Waals surface area contributed by atoms with Crippen molar-refractivity contribution in [3.8, 4) is 0 Å². The summed E-state index contributed by atoms with van der Waals surface area (Å²) < 4.78 is 0. The van der Waals surface area contributed by atoms with Gasteiger partial charge in [-0.05, 0) is 25.0 Å². The predicted molar refractivity (Wildman–Crippen MR) is 106 cm³/mol. The number of hydrogen-bond donors (Lipinski definition) is 4. The average Bonchev–Trinajstić information content (AvgIpc) is 2.60. The standard InChI is InChI=1S/C18H26N8O2/c1-3-12(16(19)27)23-13-9-21-15(17(20)28)18(24-13)22-11-5-6-14(25(2)10-11)26-7-4-8-26/h5-6,9-10,12,14H,3-4,7-8H2,1-2H3,(H2,19,27)(H2,20,28)(H2,22,23,24)/t12-,14?/m1/s1. The van der Waals surface area contributed by atoms with E-state index in [-0.39, 0.29) is 17.7 Å². The third-order valence-electron chi connectivity index (χ3n) is 4.82. The van der Waals surface area contributed by atoms with E-state index in [2.05, 4.69) is 36.5 Å². The molecule has 1 aromatic rings. The minimum absolute atomic E-state index is 0.0134. The molecule has 1 unspecified atom stereocenters. The fourth-order valence-electron chi connectivity index (χ4n) is 3.14. The third-order valence-corrected chi connectivity index (χ3v) is 4.82. The van der Waals surface area contributed by atoms with Gasteiger partial charge in [-0.2, -0.15) is 0 Å². The first kappa shape index (κ1) is 19.6. The first-order valence-corrected chi connectivity index (χ1v) is 9.24. The van der Waals surface area contributed by atoms with Crippen molar-refractivity contribution in [3.05, 3.63) is 35.9 Å². The van der Waals surface area contributed by atoms with Crippen molar-refractivity contribution in [1.29, 1.82) is 0 Å². The second kappa shape index (κ2) is 8.26. The molecule has 2 atom stereocenters. The first-order chi connectivity index (χ1) is 13.4. The number of hydrogen-bond acceptors (Lipinski definition) is 8. The summed E-state index contributed by atoms with van der Waals surface area (Å²) >= 11 is 0. The molecule has 10 nitrogen and oxygen atoms in total. The highest BCUT2D eigenvalue weighted by Gasteiger charge is 2.26. The van der Waals surface area contributed by atoms with Gasteiger partial charge in [0.25, 0.3) is 5.91 Å². The Morgan fingerprint density at radius 2 is 2.11 bits per heavy atom.